The molecule has 0 spiro atoms. The summed E-state index contributed by atoms with van der Waals surface area (Å²) in [4.78, 5) is 7.72. The van der Waals surface area contributed by atoms with Crippen molar-refractivity contribution in [2.45, 2.75) is 37.8 Å². The molecule has 2 heterocycles. The number of rotatable bonds is 7. The molecule has 0 saturated heterocycles. The van der Waals surface area contributed by atoms with E-state index in [4.69, 9.17) is 17.3 Å². The van der Waals surface area contributed by atoms with Gasteiger partial charge in [0, 0.05) is 41.3 Å². The fourth-order valence-electron chi connectivity index (χ4n) is 4.14. The van der Waals surface area contributed by atoms with Crippen molar-refractivity contribution in [3.63, 3.8) is 0 Å². The second-order valence-electron chi connectivity index (χ2n) is 7.74. The summed E-state index contributed by atoms with van der Waals surface area (Å²) in [5.41, 5.74) is 8.50. The zero-order valence-corrected chi connectivity index (χ0v) is 18.1. The van der Waals surface area contributed by atoms with Gasteiger partial charge in [0.1, 0.15) is 11.0 Å². The first-order valence-electron chi connectivity index (χ1n) is 10.1. The average molecular weight is 448 g/mol. The van der Waals surface area contributed by atoms with Gasteiger partial charge in [0.15, 0.2) is 0 Å². The highest BCUT2D eigenvalue weighted by atomic mass is 35.5. The molecule has 1 aliphatic carbocycles. The average Bonchev–Trinajstić information content (AvgIpc) is 3.11. The number of sulfonamides is 1. The number of aromatic amines is 1. The molecule has 1 fully saturated rings. The minimum atomic E-state index is -3.33. The fourth-order valence-corrected chi connectivity index (χ4v) is 5.50. The minimum Gasteiger partial charge on any atom is -0.367 e. The van der Waals surface area contributed by atoms with Gasteiger partial charge in [0.05, 0.1) is 5.75 Å². The molecule has 4 rings (SSSR count). The van der Waals surface area contributed by atoms with Crippen LogP contribution in [0.25, 0.3) is 22.0 Å². The van der Waals surface area contributed by atoms with Crippen LogP contribution in [0.1, 0.15) is 25.7 Å². The van der Waals surface area contributed by atoms with Crippen LogP contribution in [0.4, 0.5) is 5.82 Å². The number of H-pyrrole nitrogens is 1. The predicted octanol–water partition coefficient (Wildman–Crippen LogP) is 3.48. The van der Waals surface area contributed by atoms with E-state index < -0.39 is 10.0 Å². The molecule has 7 nitrogen and oxygen atoms in total. The molecule has 0 bridgehead atoms. The quantitative estimate of drug-likeness (QED) is 0.414. The van der Waals surface area contributed by atoms with Crippen LogP contribution in [0.5, 0.6) is 0 Å². The Morgan fingerprint density at radius 3 is 2.83 bits per heavy atom. The van der Waals surface area contributed by atoms with Gasteiger partial charge in [-0.05, 0) is 49.4 Å². The van der Waals surface area contributed by atoms with Crippen molar-refractivity contribution in [2.24, 2.45) is 5.73 Å². The van der Waals surface area contributed by atoms with Crippen LogP contribution in [0.15, 0.2) is 42.6 Å². The smallest absolute Gasteiger partial charge is 0.213 e. The van der Waals surface area contributed by atoms with Crippen molar-refractivity contribution >= 4 is 38.3 Å². The van der Waals surface area contributed by atoms with Crippen molar-refractivity contribution < 1.29 is 8.42 Å². The summed E-state index contributed by atoms with van der Waals surface area (Å²) in [7, 11) is -3.33. The van der Waals surface area contributed by atoms with Crippen LogP contribution in [0.2, 0.25) is 5.15 Å². The van der Waals surface area contributed by atoms with Crippen molar-refractivity contribution in [2.75, 3.05) is 17.6 Å². The highest BCUT2D eigenvalue weighted by Gasteiger charge is 2.25. The summed E-state index contributed by atoms with van der Waals surface area (Å²) in [6.07, 6.45) is 5.38. The van der Waals surface area contributed by atoms with E-state index >= 15 is 0 Å². The number of anilines is 1. The summed E-state index contributed by atoms with van der Waals surface area (Å²) in [5, 5.41) is 4.99. The largest absolute Gasteiger partial charge is 0.367 e. The van der Waals surface area contributed by atoms with E-state index in [0.717, 1.165) is 41.3 Å². The predicted molar refractivity (Wildman–Crippen MR) is 122 cm³/mol. The molecule has 2 aromatic heterocycles. The van der Waals surface area contributed by atoms with Gasteiger partial charge in [0.25, 0.3) is 0 Å². The molecule has 0 amide bonds. The Balaban J connectivity index is 1.51. The number of benzene rings is 1. The Morgan fingerprint density at radius 1 is 1.20 bits per heavy atom. The standard InChI is InChI=1S/C21H26ClN5O2S/c22-20-10-14(18-13-24-19-7-2-1-6-17(18)19)11-21(26-20)25-15-4-3-5-16(12-15)27-30(28,29)9-8-23/h1-2,6-7,10-11,13,15-16,24,27H,3-5,8-9,12,23H2,(H,25,26). The molecule has 0 aliphatic heterocycles. The Morgan fingerprint density at radius 2 is 2.00 bits per heavy atom. The van der Waals surface area contributed by atoms with Crippen LogP contribution in [-0.2, 0) is 10.0 Å². The van der Waals surface area contributed by atoms with Crippen molar-refractivity contribution in [1.82, 2.24) is 14.7 Å². The lowest BCUT2D eigenvalue weighted by Gasteiger charge is -2.30. The van der Waals surface area contributed by atoms with Crippen molar-refractivity contribution in [3.8, 4) is 11.1 Å². The number of pyridine rings is 1. The molecule has 5 N–H and O–H groups in total. The van der Waals surface area contributed by atoms with E-state index in [2.05, 4.69) is 26.1 Å². The van der Waals surface area contributed by atoms with Gasteiger partial charge in [-0.15, -0.1) is 0 Å². The number of nitrogens with zero attached hydrogens (tertiary/aromatic N) is 1. The zero-order valence-electron chi connectivity index (χ0n) is 16.6. The number of halogens is 1. The van der Waals surface area contributed by atoms with E-state index in [1.807, 2.05) is 36.5 Å². The van der Waals surface area contributed by atoms with Gasteiger partial charge < -0.3 is 16.0 Å². The maximum absolute atomic E-state index is 12.0. The Kier molecular flexibility index (Phi) is 6.29. The molecule has 30 heavy (non-hydrogen) atoms. The van der Waals surface area contributed by atoms with Crippen molar-refractivity contribution in [1.29, 1.82) is 0 Å². The second-order valence-corrected chi connectivity index (χ2v) is 10.0. The summed E-state index contributed by atoms with van der Waals surface area (Å²) in [6.45, 7) is 0.118. The molecule has 3 aromatic rings. The topological polar surface area (TPSA) is 113 Å². The summed E-state index contributed by atoms with van der Waals surface area (Å²) < 4.78 is 26.9. The maximum atomic E-state index is 12.0. The van der Waals surface area contributed by atoms with Crippen LogP contribution in [0, 0.1) is 0 Å². The van der Waals surface area contributed by atoms with Gasteiger partial charge in [-0.2, -0.15) is 0 Å². The lowest BCUT2D eigenvalue weighted by molar-refractivity contribution is 0.385. The lowest BCUT2D eigenvalue weighted by atomic mass is 9.91. The first-order chi connectivity index (χ1) is 14.4. The van der Waals surface area contributed by atoms with Crippen LogP contribution in [0.3, 0.4) is 0 Å². The van der Waals surface area contributed by atoms with Crippen LogP contribution >= 0.6 is 11.6 Å². The third kappa shape index (κ3) is 4.95. The third-order valence-electron chi connectivity index (χ3n) is 5.45. The molecule has 160 valence electrons. The molecular weight excluding hydrogens is 422 g/mol. The second kappa shape index (κ2) is 8.93. The van der Waals surface area contributed by atoms with Gasteiger partial charge in [0.2, 0.25) is 10.0 Å². The number of nitrogens with one attached hydrogen (secondary N) is 3. The normalized spacial score (nSPS) is 19.8. The third-order valence-corrected chi connectivity index (χ3v) is 7.11. The highest BCUT2D eigenvalue weighted by Crippen LogP contribution is 2.32. The monoisotopic (exact) mass is 447 g/mol. The molecule has 1 aromatic carbocycles. The zero-order chi connectivity index (χ0) is 21.1. The number of aromatic nitrogens is 2. The number of fused-ring (bicyclic) bond motifs is 1. The molecule has 0 radical (unpaired) electrons. The molecule has 1 saturated carbocycles. The van der Waals surface area contributed by atoms with Gasteiger partial charge in [-0.1, -0.05) is 29.8 Å². The highest BCUT2D eigenvalue weighted by molar-refractivity contribution is 7.89. The molecular formula is C21H26ClN5O2S. The van der Waals surface area contributed by atoms with Gasteiger partial charge in [-0.3, -0.25) is 0 Å². The van der Waals surface area contributed by atoms with E-state index in [1.54, 1.807) is 0 Å². The Bertz CT molecular complexity index is 1130. The number of hydrogen-bond acceptors (Lipinski definition) is 5. The Hall–Kier alpha value is -2.13. The Labute approximate surface area is 181 Å². The van der Waals surface area contributed by atoms with E-state index in [-0.39, 0.29) is 24.4 Å². The summed E-state index contributed by atoms with van der Waals surface area (Å²) >= 11 is 6.32. The fraction of sp³-hybridized carbons (Fsp3) is 0.381. The van der Waals surface area contributed by atoms with Crippen LogP contribution in [-0.4, -0.2) is 42.8 Å². The van der Waals surface area contributed by atoms with E-state index in [0.29, 0.717) is 17.4 Å². The summed E-state index contributed by atoms with van der Waals surface area (Å²) in [6, 6.07) is 12.0. The van der Waals surface area contributed by atoms with Crippen LogP contribution < -0.4 is 15.8 Å². The van der Waals surface area contributed by atoms with Gasteiger partial charge >= 0.3 is 0 Å². The SMILES string of the molecule is NCCS(=O)(=O)NC1CCCC(Nc2cc(-c3c[nH]c4ccccc34)cc(Cl)n2)C1. The summed E-state index contributed by atoms with van der Waals surface area (Å²) in [5.74, 6) is 0.643. The number of hydrogen-bond donors (Lipinski definition) is 4. The molecule has 1 aliphatic rings. The lowest BCUT2D eigenvalue weighted by Crippen LogP contribution is -2.43. The number of nitrogens with two attached hydrogens (primary N) is 1. The molecule has 2 unspecified atom stereocenters. The van der Waals surface area contributed by atoms with Crippen molar-refractivity contribution in [3.05, 3.63) is 47.7 Å². The van der Waals surface area contributed by atoms with Gasteiger partial charge in [-0.25, -0.2) is 18.1 Å². The van der Waals surface area contributed by atoms with E-state index in [9.17, 15) is 8.42 Å². The minimum absolute atomic E-state index is 0.0502. The number of para-hydroxylation sites is 1. The first kappa shape index (κ1) is 21.1. The molecule has 2 atom stereocenters. The first-order valence-corrected chi connectivity index (χ1v) is 12.2. The molecule has 9 heteroatoms. The maximum Gasteiger partial charge on any atom is 0.213 e. The van der Waals surface area contributed by atoms with E-state index in [1.165, 1.54) is 0 Å².